The second-order valence-corrected chi connectivity index (χ2v) is 9.65. The summed E-state index contributed by atoms with van der Waals surface area (Å²) in [6.07, 6.45) is 6.84. The molecule has 0 saturated heterocycles. The van der Waals surface area contributed by atoms with Crippen molar-refractivity contribution in [2.75, 3.05) is 0 Å². The Hall–Kier alpha value is -2.73. The molecule has 1 aromatic heterocycles. The van der Waals surface area contributed by atoms with Crippen molar-refractivity contribution in [2.45, 2.75) is 57.5 Å². The van der Waals surface area contributed by atoms with E-state index >= 15 is 0 Å². The molecule has 2 N–H and O–H groups in total. The zero-order valence-corrected chi connectivity index (χ0v) is 19.0. The standard InChI is InChI=1S/C26H29N3O2S/c30-24(27-22-11-5-7-18-6-1-2-8-20(18)22)19-14-12-17(13-15-19)16-29-25(31)21-9-3-4-10-23(21)28-26(29)32/h1-4,6,8-10,17,19,22H,5,7,11-16H2,(H,27,30)(H,28,32)/t17?,19?,22-/m0/s1. The van der Waals surface area contributed by atoms with Crippen LogP contribution in [0.15, 0.2) is 53.3 Å². The van der Waals surface area contributed by atoms with Gasteiger partial charge in [-0.25, -0.2) is 0 Å². The molecular weight excluding hydrogens is 418 g/mol. The lowest BCUT2D eigenvalue weighted by atomic mass is 9.81. The lowest BCUT2D eigenvalue weighted by Gasteiger charge is -2.31. The fourth-order valence-electron chi connectivity index (χ4n) is 5.42. The lowest BCUT2D eigenvalue weighted by molar-refractivity contribution is -0.127. The third-order valence-electron chi connectivity index (χ3n) is 7.23. The third-order valence-corrected chi connectivity index (χ3v) is 7.56. The number of amides is 1. The summed E-state index contributed by atoms with van der Waals surface area (Å²) in [5.41, 5.74) is 3.40. The highest BCUT2D eigenvalue weighted by Crippen LogP contribution is 2.33. The van der Waals surface area contributed by atoms with Crippen LogP contribution in [-0.4, -0.2) is 15.5 Å². The molecule has 5 nitrogen and oxygen atoms in total. The SMILES string of the molecule is O=C(N[C@H]1CCCc2ccccc21)C1CCC(Cn2c(=S)[nH]c3ccccc3c2=O)CC1. The van der Waals surface area contributed by atoms with Crippen LogP contribution in [0.3, 0.4) is 0 Å². The zero-order valence-electron chi connectivity index (χ0n) is 18.2. The van der Waals surface area contributed by atoms with E-state index in [1.54, 1.807) is 4.57 Å². The molecule has 1 saturated carbocycles. The van der Waals surface area contributed by atoms with Crippen LogP contribution in [-0.2, 0) is 17.8 Å². The summed E-state index contributed by atoms with van der Waals surface area (Å²) in [6.45, 7) is 0.614. The highest BCUT2D eigenvalue weighted by atomic mass is 32.1. The number of aromatic amines is 1. The van der Waals surface area contributed by atoms with E-state index in [0.29, 0.717) is 22.6 Å². The molecule has 0 aliphatic heterocycles. The predicted molar refractivity (Wildman–Crippen MR) is 129 cm³/mol. The Morgan fingerprint density at radius 1 is 1.03 bits per heavy atom. The lowest BCUT2D eigenvalue weighted by Crippen LogP contribution is -2.37. The van der Waals surface area contributed by atoms with Crippen molar-refractivity contribution in [3.8, 4) is 0 Å². The van der Waals surface area contributed by atoms with Gasteiger partial charge in [0.05, 0.1) is 16.9 Å². The molecule has 1 amide bonds. The Kier molecular flexibility index (Phi) is 5.96. The number of benzene rings is 2. The molecule has 0 spiro atoms. The Labute approximate surface area is 192 Å². The number of carbonyl (C=O) groups excluding carboxylic acids is 1. The molecule has 3 aromatic rings. The van der Waals surface area contributed by atoms with E-state index in [1.807, 2.05) is 24.3 Å². The van der Waals surface area contributed by atoms with Crippen LogP contribution in [0.1, 0.15) is 55.7 Å². The minimum Gasteiger partial charge on any atom is -0.349 e. The van der Waals surface area contributed by atoms with Crippen LogP contribution in [0.25, 0.3) is 10.9 Å². The number of aromatic nitrogens is 2. The summed E-state index contributed by atoms with van der Waals surface area (Å²) in [5, 5.41) is 4.00. The van der Waals surface area contributed by atoms with Gasteiger partial charge in [0.25, 0.3) is 5.56 Å². The minimum atomic E-state index is -0.0276. The first-order chi connectivity index (χ1) is 15.6. The molecule has 0 unspecified atom stereocenters. The molecule has 6 heteroatoms. The number of hydrogen-bond donors (Lipinski definition) is 2. The molecule has 2 aliphatic rings. The highest BCUT2D eigenvalue weighted by Gasteiger charge is 2.29. The summed E-state index contributed by atoms with van der Waals surface area (Å²) >= 11 is 5.47. The Bertz CT molecular complexity index is 1250. The molecule has 0 radical (unpaired) electrons. The van der Waals surface area contributed by atoms with Gasteiger partial charge in [0.1, 0.15) is 0 Å². The number of aryl methyl sites for hydroxylation is 1. The normalized spacial score (nSPS) is 22.9. The average molecular weight is 448 g/mol. The molecule has 166 valence electrons. The van der Waals surface area contributed by atoms with Crippen molar-refractivity contribution in [2.24, 2.45) is 11.8 Å². The van der Waals surface area contributed by atoms with E-state index in [9.17, 15) is 9.59 Å². The summed E-state index contributed by atoms with van der Waals surface area (Å²) in [4.78, 5) is 29.1. The Balaban J connectivity index is 1.22. The third kappa shape index (κ3) is 4.16. The maximum Gasteiger partial charge on any atom is 0.262 e. The monoisotopic (exact) mass is 447 g/mol. The number of H-pyrrole nitrogens is 1. The van der Waals surface area contributed by atoms with Gasteiger partial charge in [-0.3, -0.25) is 14.2 Å². The smallest absolute Gasteiger partial charge is 0.262 e. The van der Waals surface area contributed by atoms with Crippen molar-refractivity contribution in [1.29, 1.82) is 0 Å². The van der Waals surface area contributed by atoms with Crippen LogP contribution >= 0.6 is 12.2 Å². The van der Waals surface area contributed by atoms with E-state index in [1.165, 1.54) is 11.1 Å². The maximum absolute atomic E-state index is 13.0. The molecule has 5 rings (SSSR count). The van der Waals surface area contributed by atoms with Crippen LogP contribution in [0, 0.1) is 16.6 Å². The molecule has 1 heterocycles. The number of carbonyl (C=O) groups is 1. The second kappa shape index (κ2) is 9.02. The van der Waals surface area contributed by atoms with Gasteiger partial charge in [0.2, 0.25) is 5.91 Å². The molecule has 2 aromatic carbocycles. The first-order valence-electron chi connectivity index (χ1n) is 11.7. The molecule has 1 atom stereocenters. The van der Waals surface area contributed by atoms with Crippen LogP contribution in [0.4, 0.5) is 0 Å². The molecular formula is C26H29N3O2S. The van der Waals surface area contributed by atoms with E-state index in [2.05, 4.69) is 34.6 Å². The van der Waals surface area contributed by atoms with Gasteiger partial charge in [-0.2, -0.15) is 0 Å². The number of nitrogens with zero attached hydrogens (tertiary/aromatic N) is 1. The van der Waals surface area contributed by atoms with Gasteiger partial charge in [-0.05, 0) is 86.3 Å². The topological polar surface area (TPSA) is 66.9 Å². The minimum absolute atomic E-state index is 0.0276. The van der Waals surface area contributed by atoms with Crippen LogP contribution in [0.5, 0.6) is 0 Å². The fourth-order valence-corrected chi connectivity index (χ4v) is 5.69. The molecule has 32 heavy (non-hydrogen) atoms. The van der Waals surface area contributed by atoms with Gasteiger partial charge in [-0.1, -0.05) is 36.4 Å². The van der Waals surface area contributed by atoms with Crippen molar-refractivity contribution in [3.05, 3.63) is 74.8 Å². The largest absolute Gasteiger partial charge is 0.349 e. The van der Waals surface area contributed by atoms with Crippen molar-refractivity contribution in [1.82, 2.24) is 14.9 Å². The maximum atomic E-state index is 13.0. The van der Waals surface area contributed by atoms with Gasteiger partial charge in [0.15, 0.2) is 4.77 Å². The number of hydrogen-bond acceptors (Lipinski definition) is 3. The van der Waals surface area contributed by atoms with E-state index in [4.69, 9.17) is 12.2 Å². The van der Waals surface area contributed by atoms with Gasteiger partial charge in [0, 0.05) is 12.5 Å². The van der Waals surface area contributed by atoms with Gasteiger partial charge in [-0.15, -0.1) is 0 Å². The van der Waals surface area contributed by atoms with Gasteiger partial charge >= 0.3 is 0 Å². The van der Waals surface area contributed by atoms with Crippen molar-refractivity contribution in [3.63, 3.8) is 0 Å². The zero-order chi connectivity index (χ0) is 22.1. The van der Waals surface area contributed by atoms with Gasteiger partial charge < -0.3 is 10.3 Å². The van der Waals surface area contributed by atoms with Crippen molar-refractivity contribution < 1.29 is 4.79 Å². The summed E-state index contributed by atoms with van der Waals surface area (Å²) in [7, 11) is 0. The number of rotatable bonds is 4. The van der Waals surface area contributed by atoms with E-state index < -0.39 is 0 Å². The number of para-hydroxylation sites is 1. The molecule has 0 bridgehead atoms. The van der Waals surface area contributed by atoms with E-state index in [-0.39, 0.29) is 23.4 Å². The predicted octanol–water partition coefficient (Wildman–Crippen LogP) is 5.06. The number of fused-ring (bicyclic) bond motifs is 2. The fraction of sp³-hybridized carbons (Fsp3) is 0.423. The molecule has 1 fully saturated rings. The highest BCUT2D eigenvalue weighted by molar-refractivity contribution is 7.71. The average Bonchev–Trinajstić information content (AvgIpc) is 2.82. The Morgan fingerprint density at radius 3 is 2.62 bits per heavy atom. The summed E-state index contributed by atoms with van der Waals surface area (Å²) < 4.78 is 2.17. The molecule has 2 aliphatic carbocycles. The summed E-state index contributed by atoms with van der Waals surface area (Å²) in [5.74, 6) is 0.608. The van der Waals surface area contributed by atoms with Crippen molar-refractivity contribution >= 4 is 29.0 Å². The van der Waals surface area contributed by atoms with Crippen LogP contribution < -0.4 is 10.9 Å². The van der Waals surface area contributed by atoms with Crippen LogP contribution in [0.2, 0.25) is 0 Å². The van der Waals surface area contributed by atoms with E-state index in [0.717, 1.165) is 50.5 Å². The second-order valence-electron chi connectivity index (χ2n) is 9.26. The first kappa shape index (κ1) is 21.1. The summed E-state index contributed by atoms with van der Waals surface area (Å²) in [6, 6.07) is 16.1. The quantitative estimate of drug-likeness (QED) is 0.550. The number of nitrogens with one attached hydrogen (secondary N) is 2. The first-order valence-corrected chi connectivity index (χ1v) is 12.1. The Morgan fingerprint density at radius 2 is 1.78 bits per heavy atom.